The Bertz CT molecular complexity index is 436. The third-order valence-electron chi connectivity index (χ3n) is 3.08. The van der Waals surface area contributed by atoms with Crippen molar-refractivity contribution in [3.8, 4) is 0 Å². The maximum atomic E-state index is 10.9. The molecule has 1 aromatic rings. The fourth-order valence-electron chi connectivity index (χ4n) is 2.01. The van der Waals surface area contributed by atoms with Crippen molar-refractivity contribution in [3.05, 3.63) is 32.8 Å². The van der Waals surface area contributed by atoms with Crippen LogP contribution in [0.5, 0.6) is 0 Å². The molecular weight excluding hydrogens is 316 g/mol. The Balaban J connectivity index is 2.03. The molecule has 4 nitrogen and oxygen atoms in total. The van der Waals surface area contributed by atoms with E-state index in [-0.39, 0.29) is 10.6 Å². The van der Waals surface area contributed by atoms with Crippen LogP contribution in [0.1, 0.15) is 12.8 Å². The minimum atomic E-state index is -0.342. The molecule has 2 rings (SSSR count). The minimum absolute atomic E-state index is 0.142. The van der Waals surface area contributed by atoms with Crippen LogP contribution >= 0.6 is 27.7 Å². The van der Waals surface area contributed by atoms with E-state index in [2.05, 4.69) is 21.2 Å². The summed E-state index contributed by atoms with van der Waals surface area (Å²) >= 11 is 5.33. The molecule has 0 saturated carbocycles. The molecule has 1 aliphatic rings. The molecule has 1 heterocycles. The highest BCUT2D eigenvalue weighted by Gasteiger charge is 2.17. The molecular formula is C12H15BrN2O2S. The number of nitrogens with zero attached hydrogens (tertiary/aromatic N) is 1. The molecule has 0 aromatic heterocycles. The lowest BCUT2D eigenvalue weighted by Gasteiger charge is -2.22. The van der Waals surface area contributed by atoms with Crippen molar-refractivity contribution in [1.82, 2.24) is 0 Å². The lowest BCUT2D eigenvalue weighted by Crippen LogP contribution is -2.19. The molecule has 0 radical (unpaired) electrons. The summed E-state index contributed by atoms with van der Waals surface area (Å²) in [5.41, 5.74) is 0.746. The summed E-state index contributed by atoms with van der Waals surface area (Å²) in [6.45, 7) is 0.817. The molecule has 0 unspecified atom stereocenters. The van der Waals surface area contributed by atoms with E-state index in [1.54, 1.807) is 12.1 Å². The molecule has 0 amide bonds. The zero-order chi connectivity index (χ0) is 13.0. The smallest absolute Gasteiger partial charge is 0.292 e. The van der Waals surface area contributed by atoms with Gasteiger partial charge in [-0.15, -0.1) is 0 Å². The highest BCUT2D eigenvalue weighted by Crippen LogP contribution is 2.29. The first-order chi connectivity index (χ1) is 8.66. The number of hydrogen-bond donors (Lipinski definition) is 1. The highest BCUT2D eigenvalue weighted by molar-refractivity contribution is 9.10. The predicted octanol–water partition coefficient (Wildman–Crippen LogP) is 3.91. The first kappa shape index (κ1) is 13.7. The number of rotatable bonds is 4. The molecule has 0 spiro atoms. The zero-order valence-electron chi connectivity index (χ0n) is 9.89. The van der Waals surface area contributed by atoms with Crippen LogP contribution in [-0.4, -0.2) is 23.0 Å². The summed E-state index contributed by atoms with van der Waals surface area (Å²) < 4.78 is 0.856. The average Bonchev–Trinajstić information content (AvgIpc) is 2.37. The van der Waals surface area contributed by atoms with E-state index in [1.807, 2.05) is 11.8 Å². The number of nitrogens with one attached hydrogen (secondary N) is 1. The van der Waals surface area contributed by atoms with Gasteiger partial charge in [-0.2, -0.15) is 11.8 Å². The second-order valence-electron chi connectivity index (χ2n) is 4.36. The van der Waals surface area contributed by atoms with E-state index in [9.17, 15) is 10.1 Å². The third-order valence-corrected chi connectivity index (χ3v) is 4.62. The Morgan fingerprint density at radius 3 is 2.83 bits per heavy atom. The van der Waals surface area contributed by atoms with Crippen LogP contribution in [0.4, 0.5) is 11.4 Å². The number of nitro benzene ring substituents is 1. The summed E-state index contributed by atoms with van der Waals surface area (Å²) in [5.74, 6) is 3.03. The van der Waals surface area contributed by atoms with Gasteiger partial charge in [-0.3, -0.25) is 10.1 Å². The molecule has 1 saturated heterocycles. The Morgan fingerprint density at radius 2 is 2.17 bits per heavy atom. The normalized spacial score (nSPS) is 16.5. The molecule has 1 N–H and O–H groups in total. The third kappa shape index (κ3) is 3.62. The fourth-order valence-corrected chi connectivity index (χ4v) is 3.58. The van der Waals surface area contributed by atoms with Gasteiger partial charge in [-0.1, -0.05) is 15.9 Å². The average molecular weight is 331 g/mol. The van der Waals surface area contributed by atoms with E-state index < -0.39 is 0 Å². The van der Waals surface area contributed by atoms with Crippen LogP contribution < -0.4 is 5.32 Å². The van der Waals surface area contributed by atoms with Crippen LogP contribution in [0.3, 0.4) is 0 Å². The first-order valence-electron chi connectivity index (χ1n) is 5.92. The van der Waals surface area contributed by atoms with Crippen molar-refractivity contribution in [3.63, 3.8) is 0 Å². The Hall–Kier alpha value is -0.750. The minimum Gasteiger partial charge on any atom is -0.379 e. The molecule has 0 aliphatic carbocycles. The van der Waals surface area contributed by atoms with Crippen LogP contribution in [0, 0.1) is 16.0 Å². The topological polar surface area (TPSA) is 55.2 Å². The molecule has 98 valence electrons. The van der Waals surface area contributed by atoms with E-state index in [1.165, 1.54) is 30.4 Å². The maximum absolute atomic E-state index is 10.9. The summed E-state index contributed by atoms with van der Waals surface area (Å²) in [6, 6.07) is 5.00. The van der Waals surface area contributed by atoms with Crippen molar-refractivity contribution in [2.45, 2.75) is 12.8 Å². The number of halogens is 1. The van der Waals surface area contributed by atoms with Gasteiger partial charge in [0.05, 0.1) is 4.92 Å². The molecule has 0 atom stereocenters. The predicted molar refractivity (Wildman–Crippen MR) is 79.3 cm³/mol. The van der Waals surface area contributed by atoms with Crippen molar-refractivity contribution in [2.24, 2.45) is 5.92 Å². The van der Waals surface area contributed by atoms with Gasteiger partial charge in [0.2, 0.25) is 0 Å². The first-order valence-corrected chi connectivity index (χ1v) is 7.87. The van der Waals surface area contributed by atoms with Gasteiger partial charge >= 0.3 is 0 Å². The van der Waals surface area contributed by atoms with Gasteiger partial charge in [0.1, 0.15) is 5.69 Å². The number of nitro groups is 1. The monoisotopic (exact) mass is 330 g/mol. The Kier molecular flexibility index (Phi) is 4.88. The quantitative estimate of drug-likeness (QED) is 0.671. The Morgan fingerprint density at radius 1 is 1.44 bits per heavy atom. The van der Waals surface area contributed by atoms with E-state index in [0.29, 0.717) is 11.6 Å². The number of hydrogen-bond acceptors (Lipinski definition) is 4. The van der Waals surface area contributed by atoms with Crippen molar-refractivity contribution >= 4 is 39.1 Å². The van der Waals surface area contributed by atoms with Crippen LogP contribution in [0.2, 0.25) is 0 Å². The van der Waals surface area contributed by atoms with Gasteiger partial charge in [-0.05, 0) is 42.4 Å². The number of thioether (sulfide) groups is 1. The maximum Gasteiger partial charge on any atom is 0.292 e. The van der Waals surface area contributed by atoms with Crippen LogP contribution in [0.15, 0.2) is 22.7 Å². The second-order valence-corrected chi connectivity index (χ2v) is 6.50. The molecule has 6 heteroatoms. The van der Waals surface area contributed by atoms with E-state index >= 15 is 0 Å². The van der Waals surface area contributed by atoms with Gasteiger partial charge in [-0.25, -0.2) is 0 Å². The second kappa shape index (κ2) is 6.43. The standard InChI is InChI=1S/C12H15BrN2O2S/c13-10-1-2-12(15(16)17)11(7-10)14-8-9-3-5-18-6-4-9/h1-2,7,9,14H,3-6,8H2. The summed E-state index contributed by atoms with van der Waals surface area (Å²) in [4.78, 5) is 10.6. The van der Waals surface area contributed by atoms with Gasteiger partial charge < -0.3 is 5.32 Å². The van der Waals surface area contributed by atoms with Crippen molar-refractivity contribution < 1.29 is 4.92 Å². The highest BCUT2D eigenvalue weighted by atomic mass is 79.9. The molecule has 1 fully saturated rings. The molecule has 0 bridgehead atoms. The zero-order valence-corrected chi connectivity index (χ0v) is 12.3. The summed E-state index contributed by atoms with van der Waals surface area (Å²) in [6.07, 6.45) is 2.39. The van der Waals surface area contributed by atoms with E-state index in [4.69, 9.17) is 0 Å². The van der Waals surface area contributed by atoms with Gasteiger partial charge in [0.15, 0.2) is 0 Å². The molecule has 18 heavy (non-hydrogen) atoms. The van der Waals surface area contributed by atoms with Gasteiger partial charge in [0, 0.05) is 17.1 Å². The molecule has 1 aromatic carbocycles. The summed E-state index contributed by atoms with van der Waals surface area (Å²) in [7, 11) is 0. The lowest BCUT2D eigenvalue weighted by molar-refractivity contribution is -0.384. The molecule has 1 aliphatic heterocycles. The van der Waals surface area contributed by atoms with Crippen molar-refractivity contribution in [1.29, 1.82) is 0 Å². The van der Waals surface area contributed by atoms with Crippen LogP contribution in [-0.2, 0) is 0 Å². The number of anilines is 1. The lowest BCUT2D eigenvalue weighted by atomic mass is 10.0. The number of benzene rings is 1. The largest absolute Gasteiger partial charge is 0.379 e. The Labute approximate surface area is 119 Å². The van der Waals surface area contributed by atoms with Gasteiger partial charge in [0.25, 0.3) is 5.69 Å². The van der Waals surface area contributed by atoms with Crippen LogP contribution in [0.25, 0.3) is 0 Å². The SMILES string of the molecule is O=[N+]([O-])c1ccc(Br)cc1NCC1CCSCC1. The fraction of sp³-hybridized carbons (Fsp3) is 0.500. The van der Waals surface area contributed by atoms with E-state index in [0.717, 1.165) is 11.0 Å². The summed E-state index contributed by atoms with van der Waals surface area (Å²) in [5, 5.41) is 14.2. The van der Waals surface area contributed by atoms with Crippen molar-refractivity contribution in [2.75, 3.05) is 23.4 Å².